The molecule has 0 heterocycles. The first kappa shape index (κ1) is 20.2. The van der Waals surface area contributed by atoms with Crippen LogP contribution in [0.25, 0.3) is 0 Å². The Bertz CT molecular complexity index is 994. The average Bonchev–Trinajstić information content (AvgIpc) is 2.67. The third-order valence-electron chi connectivity index (χ3n) is 3.95. The smallest absolute Gasteiger partial charge is 0.269 e. The van der Waals surface area contributed by atoms with Crippen molar-refractivity contribution >= 4 is 49.4 Å². The number of halogens is 2. The number of hydrogen-bond donors (Lipinski definition) is 0. The van der Waals surface area contributed by atoms with Crippen LogP contribution in [0.2, 0.25) is 0 Å². The van der Waals surface area contributed by atoms with Gasteiger partial charge in [0.25, 0.3) is 5.69 Å². The molecule has 0 spiro atoms. The number of hydrogen-bond acceptors (Lipinski definition) is 4. The number of nitrogens with zero attached hydrogens (tertiary/aromatic N) is 2. The summed E-state index contributed by atoms with van der Waals surface area (Å²) in [7, 11) is 0. The number of nitro benzene ring substituents is 1. The highest BCUT2D eigenvalue weighted by molar-refractivity contribution is 9.11. The summed E-state index contributed by atoms with van der Waals surface area (Å²) in [4.78, 5) is 14.8. The van der Waals surface area contributed by atoms with Gasteiger partial charge in [-0.15, -0.1) is 0 Å². The van der Waals surface area contributed by atoms with Crippen molar-refractivity contribution in [3.05, 3.63) is 96.4 Å². The minimum Gasteiger partial charge on any atom is -0.487 e. The lowest BCUT2D eigenvalue weighted by Gasteiger charge is -2.11. The number of ether oxygens (including phenoxy) is 1. The van der Waals surface area contributed by atoms with Crippen LogP contribution in [0.3, 0.4) is 0 Å². The maximum Gasteiger partial charge on any atom is 0.269 e. The molecule has 0 N–H and O–H groups in total. The van der Waals surface area contributed by atoms with E-state index in [0.717, 1.165) is 25.8 Å². The van der Waals surface area contributed by atoms with Crippen LogP contribution in [0.1, 0.15) is 16.7 Å². The SMILES string of the molecule is Cc1ccc(N=Cc2cc(Br)c(OCc3ccc([N+](=O)[O-])cc3)c(Br)c2)cc1. The Labute approximate surface area is 179 Å². The molecule has 28 heavy (non-hydrogen) atoms. The Balaban J connectivity index is 1.71. The number of aliphatic imine (C=N–C) groups is 1. The molecule has 0 aliphatic carbocycles. The van der Waals surface area contributed by atoms with E-state index in [1.54, 1.807) is 18.3 Å². The van der Waals surface area contributed by atoms with Crippen LogP contribution < -0.4 is 4.74 Å². The molecule has 0 bridgehead atoms. The van der Waals surface area contributed by atoms with Crippen molar-refractivity contribution in [3.8, 4) is 5.75 Å². The zero-order chi connectivity index (χ0) is 20.1. The van der Waals surface area contributed by atoms with E-state index in [4.69, 9.17) is 4.74 Å². The van der Waals surface area contributed by atoms with Crippen molar-refractivity contribution < 1.29 is 9.66 Å². The van der Waals surface area contributed by atoms with Crippen LogP contribution in [0.15, 0.2) is 74.6 Å². The van der Waals surface area contributed by atoms with Crippen molar-refractivity contribution in [1.29, 1.82) is 0 Å². The molecule has 3 aromatic carbocycles. The molecule has 0 amide bonds. The van der Waals surface area contributed by atoms with Crippen LogP contribution in [0.5, 0.6) is 5.75 Å². The van der Waals surface area contributed by atoms with Gasteiger partial charge in [0.15, 0.2) is 0 Å². The van der Waals surface area contributed by atoms with E-state index in [-0.39, 0.29) is 5.69 Å². The molecule has 0 aliphatic rings. The zero-order valence-corrected chi connectivity index (χ0v) is 18.1. The predicted molar refractivity (Wildman–Crippen MR) is 118 cm³/mol. The quantitative estimate of drug-likeness (QED) is 0.212. The van der Waals surface area contributed by atoms with E-state index >= 15 is 0 Å². The first-order chi connectivity index (χ1) is 13.4. The highest BCUT2D eigenvalue weighted by atomic mass is 79.9. The lowest BCUT2D eigenvalue weighted by atomic mass is 10.2. The lowest BCUT2D eigenvalue weighted by molar-refractivity contribution is -0.384. The van der Waals surface area contributed by atoms with Crippen LogP contribution in [0, 0.1) is 17.0 Å². The second kappa shape index (κ2) is 9.12. The highest BCUT2D eigenvalue weighted by Gasteiger charge is 2.10. The van der Waals surface area contributed by atoms with Gasteiger partial charge in [-0.1, -0.05) is 17.7 Å². The molecule has 0 atom stereocenters. The second-order valence-corrected chi connectivity index (χ2v) is 7.83. The van der Waals surface area contributed by atoms with Crippen LogP contribution in [-0.4, -0.2) is 11.1 Å². The first-order valence-corrected chi connectivity index (χ1v) is 9.97. The molecule has 142 valence electrons. The number of benzene rings is 3. The van der Waals surface area contributed by atoms with Crippen LogP contribution in [0.4, 0.5) is 11.4 Å². The first-order valence-electron chi connectivity index (χ1n) is 8.38. The molecule has 5 nitrogen and oxygen atoms in total. The third-order valence-corrected chi connectivity index (χ3v) is 5.13. The largest absolute Gasteiger partial charge is 0.487 e. The van der Waals surface area contributed by atoms with E-state index in [1.807, 2.05) is 43.3 Å². The minimum absolute atomic E-state index is 0.0586. The fourth-order valence-electron chi connectivity index (χ4n) is 2.44. The van der Waals surface area contributed by atoms with Gasteiger partial charge in [0.1, 0.15) is 12.4 Å². The van der Waals surface area contributed by atoms with Gasteiger partial charge >= 0.3 is 0 Å². The van der Waals surface area contributed by atoms with Crippen molar-refractivity contribution in [2.75, 3.05) is 0 Å². The Hall–Kier alpha value is -2.51. The van der Waals surface area contributed by atoms with Gasteiger partial charge < -0.3 is 4.74 Å². The molecule has 0 fully saturated rings. The Morgan fingerprint density at radius 3 is 2.21 bits per heavy atom. The Kier molecular flexibility index (Phi) is 6.59. The molecule has 3 rings (SSSR count). The average molecular weight is 504 g/mol. The monoisotopic (exact) mass is 502 g/mol. The standard InChI is InChI=1S/C21H16Br2N2O3/c1-14-2-6-17(7-3-14)24-12-16-10-19(22)21(20(23)11-16)28-13-15-4-8-18(9-5-15)25(26)27/h2-12H,13H2,1H3. The Morgan fingerprint density at radius 2 is 1.64 bits per heavy atom. The van der Waals surface area contributed by atoms with Gasteiger partial charge in [-0.05, 0) is 86.3 Å². The van der Waals surface area contributed by atoms with E-state index in [1.165, 1.54) is 17.7 Å². The summed E-state index contributed by atoms with van der Waals surface area (Å²) in [6, 6.07) is 18.1. The number of rotatable bonds is 6. The van der Waals surface area contributed by atoms with Gasteiger partial charge in [-0.2, -0.15) is 0 Å². The summed E-state index contributed by atoms with van der Waals surface area (Å²) >= 11 is 7.06. The lowest BCUT2D eigenvalue weighted by Crippen LogP contribution is -1.98. The minimum atomic E-state index is -0.422. The predicted octanol–water partition coefficient (Wildman–Crippen LogP) is 6.76. The molecular formula is C21H16Br2N2O3. The number of aryl methyl sites for hydroxylation is 1. The van der Waals surface area contributed by atoms with Crippen molar-refractivity contribution in [3.63, 3.8) is 0 Å². The van der Waals surface area contributed by atoms with Gasteiger partial charge in [0, 0.05) is 18.3 Å². The molecule has 7 heteroatoms. The summed E-state index contributed by atoms with van der Waals surface area (Å²) in [5, 5.41) is 10.7. The summed E-state index contributed by atoms with van der Waals surface area (Å²) in [6.07, 6.45) is 1.79. The maximum absolute atomic E-state index is 10.7. The van der Waals surface area contributed by atoms with Crippen molar-refractivity contribution in [1.82, 2.24) is 0 Å². The molecule has 0 saturated heterocycles. The fourth-order valence-corrected chi connectivity index (χ4v) is 3.89. The molecule has 3 aromatic rings. The fraction of sp³-hybridized carbons (Fsp3) is 0.0952. The molecule has 0 aliphatic heterocycles. The second-order valence-electron chi connectivity index (χ2n) is 6.12. The van der Waals surface area contributed by atoms with E-state index < -0.39 is 4.92 Å². The van der Waals surface area contributed by atoms with Crippen LogP contribution >= 0.6 is 31.9 Å². The summed E-state index contributed by atoms with van der Waals surface area (Å²) < 4.78 is 7.45. The van der Waals surface area contributed by atoms with E-state index in [9.17, 15) is 10.1 Å². The van der Waals surface area contributed by atoms with E-state index in [2.05, 4.69) is 36.9 Å². The maximum atomic E-state index is 10.7. The third kappa shape index (κ3) is 5.27. The molecule has 0 saturated carbocycles. The van der Waals surface area contributed by atoms with Crippen molar-refractivity contribution in [2.24, 2.45) is 4.99 Å². The zero-order valence-electron chi connectivity index (χ0n) is 14.9. The summed E-state index contributed by atoms with van der Waals surface area (Å²) in [5.74, 6) is 0.658. The molecule has 0 radical (unpaired) electrons. The van der Waals surface area contributed by atoms with Crippen molar-refractivity contribution in [2.45, 2.75) is 13.5 Å². The molecule has 0 unspecified atom stereocenters. The van der Waals surface area contributed by atoms with E-state index in [0.29, 0.717) is 12.4 Å². The number of non-ortho nitro benzene ring substituents is 1. The number of nitro groups is 1. The Morgan fingerprint density at radius 1 is 1.04 bits per heavy atom. The molecule has 0 aromatic heterocycles. The summed E-state index contributed by atoms with van der Waals surface area (Å²) in [6.45, 7) is 2.34. The van der Waals surface area contributed by atoms with Gasteiger partial charge in [0.2, 0.25) is 0 Å². The topological polar surface area (TPSA) is 64.7 Å². The summed E-state index contributed by atoms with van der Waals surface area (Å²) in [5.41, 5.74) is 3.90. The van der Waals surface area contributed by atoms with Crippen LogP contribution in [-0.2, 0) is 6.61 Å². The normalized spacial score (nSPS) is 11.0. The molecular weight excluding hydrogens is 488 g/mol. The van der Waals surface area contributed by atoms with Gasteiger partial charge in [-0.3, -0.25) is 15.1 Å². The highest BCUT2D eigenvalue weighted by Crippen LogP contribution is 2.35. The van der Waals surface area contributed by atoms with Gasteiger partial charge in [0.05, 0.1) is 19.6 Å². The van der Waals surface area contributed by atoms with Gasteiger partial charge in [-0.25, -0.2) is 0 Å².